The number of fused-ring (bicyclic) bond motifs is 1. The fourth-order valence-corrected chi connectivity index (χ4v) is 5.13. The third-order valence-corrected chi connectivity index (χ3v) is 7.37. The zero-order chi connectivity index (χ0) is 26.5. The van der Waals surface area contributed by atoms with E-state index in [2.05, 4.69) is 10.3 Å². The molecule has 5 rings (SSSR count). The number of hydrogen-bond donors (Lipinski definition) is 2. The lowest BCUT2D eigenvalue weighted by Gasteiger charge is -2.39. The standard InChI is InChI=1S/C25H24F4N4O4/c26-20-15(12-32-9-6-24(37,7-10-32)25(27,28)29)5-8-30-21(20)14-1-2-17-16(11-14)13-33(23(17)36)18-3-4-19(34)31-22(18)35/h1-2,5,8,11,18,37H,3-4,6-7,9-10,12-13H2,(H,31,34,35). The summed E-state index contributed by atoms with van der Waals surface area (Å²) in [4.78, 5) is 43.8. The van der Waals surface area contributed by atoms with E-state index in [1.54, 1.807) is 23.1 Å². The number of imide groups is 1. The highest BCUT2D eigenvalue weighted by Gasteiger charge is 2.54. The van der Waals surface area contributed by atoms with Gasteiger partial charge in [0.2, 0.25) is 11.8 Å². The van der Waals surface area contributed by atoms with E-state index in [1.165, 1.54) is 17.2 Å². The molecule has 196 valence electrons. The Hall–Kier alpha value is -3.38. The van der Waals surface area contributed by atoms with Gasteiger partial charge in [-0.25, -0.2) is 4.39 Å². The van der Waals surface area contributed by atoms with Crippen LogP contribution in [-0.2, 0) is 22.7 Å². The molecule has 8 nitrogen and oxygen atoms in total. The van der Waals surface area contributed by atoms with Gasteiger partial charge in [-0.15, -0.1) is 0 Å². The number of rotatable bonds is 4. The molecule has 3 amide bonds. The molecular weight excluding hydrogens is 496 g/mol. The number of aliphatic hydroxyl groups is 1. The van der Waals surface area contributed by atoms with Gasteiger partial charge in [0.05, 0.1) is 0 Å². The first-order valence-corrected chi connectivity index (χ1v) is 11.9. The molecule has 3 aliphatic heterocycles. The maximum Gasteiger partial charge on any atom is 0.417 e. The molecule has 37 heavy (non-hydrogen) atoms. The Morgan fingerprint density at radius 2 is 1.86 bits per heavy atom. The summed E-state index contributed by atoms with van der Waals surface area (Å²) in [5.74, 6) is -1.87. The van der Waals surface area contributed by atoms with Crippen molar-refractivity contribution in [1.29, 1.82) is 0 Å². The minimum Gasteiger partial charge on any atom is -0.380 e. The van der Waals surface area contributed by atoms with Crippen molar-refractivity contribution in [3.8, 4) is 11.3 Å². The van der Waals surface area contributed by atoms with Crippen molar-refractivity contribution in [2.24, 2.45) is 0 Å². The smallest absolute Gasteiger partial charge is 0.380 e. The van der Waals surface area contributed by atoms with Crippen molar-refractivity contribution in [3.05, 3.63) is 53.0 Å². The lowest BCUT2D eigenvalue weighted by molar-refractivity contribution is -0.272. The van der Waals surface area contributed by atoms with Gasteiger partial charge in [0.25, 0.3) is 5.91 Å². The van der Waals surface area contributed by atoms with Crippen LogP contribution in [0.2, 0.25) is 0 Å². The number of hydrogen-bond acceptors (Lipinski definition) is 6. The average Bonchev–Trinajstić information content (AvgIpc) is 3.16. The number of piperidine rings is 2. The van der Waals surface area contributed by atoms with Crippen LogP contribution in [0.1, 0.15) is 47.2 Å². The summed E-state index contributed by atoms with van der Waals surface area (Å²) in [5, 5.41) is 12.1. The number of alkyl halides is 3. The molecule has 0 bridgehead atoms. The molecule has 12 heteroatoms. The summed E-state index contributed by atoms with van der Waals surface area (Å²) >= 11 is 0. The molecule has 1 aromatic heterocycles. The number of nitrogens with one attached hydrogen (secondary N) is 1. The SMILES string of the molecule is O=C1CCC(N2Cc3cc(-c4nccc(CN5CCC(O)(C(F)(F)F)CC5)c4F)ccc3C2=O)C(=O)N1. The molecule has 2 fully saturated rings. The molecule has 4 heterocycles. The first-order chi connectivity index (χ1) is 17.5. The minimum atomic E-state index is -4.71. The number of pyridine rings is 1. The van der Waals surface area contributed by atoms with Crippen LogP contribution in [0.5, 0.6) is 0 Å². The maximum atomic E-state index is 15.5. The molecule has 3 aliphatic rings. The number of nitrogens with zero attached hydrogens (tertiary/aromatic N) is 3. The molecule has 0 saturated carbocycles. The van der Waals surface area contributed by atoms with Crippen LogP contribution in [0, 0.1) is 5.82 Å². The van der Waals surface area contributed by atoms with Gasteiger partial charge in [-0.1, -0.05) is 6.07 Å². The van der Waals surface area contributed by atoms with E-state index in [-0.39, 0.29) is 62.1 Å². The molecule has 2 N–H and O–H groups in total. The van der Waals surface area contributed by atoms with Gasteiger partial charge in [0, 0.05) is 55.5 Å². The fraction of sp³-hybridized carbons (Fsp3) is 0.440. The zero-order valence-corrected chi connectivity index (χ0v) is 19.6. The topological polar surface area (TPSA) is 103 Å². The summed E-state index contributed by atoms with van der Waals surface area (Å²) in [6.07, 6.45) is -3.91. The number of amides is 3. The van der Waals surface area contributed by atoms with E-state index in [0.717, 1.165) is 0 Å². The number of carbonyl (C=O) groups excluding carboxylic acids is 3. The Kier molecular flexibility index (Phi) is 6.27. The van der Waals surface area contributed by atoms with Crippen LogP contribution in [0.15, 0.2) is 30.5 Å². The minimum absolute atomic E-state index is 0.0375. The van der Waals surface area contributed by atoms with Gasteiger partial charge in [0.1, 0.15) is 11.7 Å². The first-order valence-electron chi connectivity index (χ1n) is 11.9. The predicted molar refractivity (Wildman–Crippen MR) is 121 cm³/mol. The van der Waals surface area contributed by atoms with E-state index in [1.807, 2.05) is 0 Å². The van der Waals surface area contributed by atoms with Gasteiger partial charge in [-0.3, -0.25) is 29.6 Å². The second-order valence-corrected chi connectivity index (χ2v) is 9.71. The molecule has 0 radical (unpaired) electrons. The van der Waals surface area contributed by atoms with E-state index < -0.39 is 42.4 Å². The molecule has 0 spiro atoms. The Balaban J connectivity index is 1.32. The summed E-state index contributed by atoms with van der Waals surface area (Å²) in [6.45, 7) is 0.113. The van der Waals surface area contributed by atoms with Crippen LogP contribution in [0.3, 0.4) is 0 Å². The van der Waals surface area contributed by atoms with Gasteiger partial charge in [0.15, 0.2) is 11.4 Å². The molecule has 2 aromatic rings. The number of likely N-dealkylation sites (tertiary alicyclic amines) is 1. The van der Waals surface area contributed by atoms with Crippen molar-refractivity contribution >= 4 is 17.7 Å². The normalized spacial score (nSPS) is 22.2. The Bertz CT molecular complexity index is 1270. The lowest BCUT2D eigenvalue weighted by Crippen LogP contribution is -2.53. The monoisotopic (exact) mass is 520 g/mol. The van der Waals surface area contributed by atoms with Crippen molar-refractivity contribution in [2.75, 3.05) is 13.1 Å². The summed E-state index contributed by atoms with van der Waals surface area (Å²) in [5.41, 5.74) is -1.03. The molecule has 1 aromatic carbocycles. The van der Waals surface area contributed by atoms with Crippen molar-refractivity contribution < 1.29 is 37.1 Å². The Labute approximate surface area is 209 Å². The zero-order valence-electron chi connectivity index (χ0n) is 19.6. The van der Waals surface area contributed by atoms with E-state index in [4.69, 9.17) is 0 Å². The molecular formula is C25H24F4N4O4. The second kappa shape index (κ2) is 9.18. The third-order valence-electron chi connectivity index (χ3n) is 7.37. The van der Waals surface area contributed by atoms with Crippen molar-refractivity contribution in [3.63, 3.8) is 0 Å². The quantitative estimate of drug-likeness (QED) is 0.475. The van der Waals surface area contributed by atoms with E-state index >= 15 is 4.39 Å². The third kappa shape index (κ3) is 4.59. The first kappa shape index (κ1) is 25.3. The van der Waals surface area contributed by atoms with Gasteiger partial charge in [-0.05, 0) is 43.0 Å². The highest BCUT2D eigenvalue weighted by Crippen LogP contribution is 2.39. The number of carbonyl (C=O) groups is 3. The van der Waals surface area contributed by atoms with Crippen LogP contribution in [0.25, 0.3) is 11.3 Å². The number of halogens is 4. The summed E-state index contributed by atoms with van der Waals surface area (Å²) in [6, 6.07) is 5.45. The van der Waals surface area contributed by atoms with Crippen LogP contribution in [-0.4, -0.2) is 68.5 Å². The predicted octanol–water partition coefficient (Wildman–Crippen LogP) is 2.54. The van der Waals surface area contributed by atoms with E-state index in [0.29, 0.717) is 16.7 Å². The average molecular weight is 520 g/mol. The van der Waals surface area contributed by atoms with Crippen LogP contribution >= 0.6 is 0 Å². The molecule has 0 aliphatic carbocycles. The largest absolute Gasteiger partial charge is 0.417 e. The van der Waals surface area contributed by atoms with Gasteiger partial charge < -0.3 is 10.0 Å². The van der Waals surface area contributed by atoms with Crippen LogP contribution in [0.4, 0.5) is 17.6 Å². The number of benzene rings is 1. The highest BCUT2D eigenvalue weighted by molar-refractivity contribution is 6.05. The van der Waals surface area contributed by atoms with Crippen LogP contribution < -0.4 is 5.32 Å². The van der Waals surface area contributed by atoms with Gasteiger partial charge >= 0.3 is 6.18 Å². The summed E-state index contributed by atoms with van der Waals surface area (Å²) in [7, 11) is 0. The molecule has 2 saturated heterocycles. The highest BCUT2D eigenvalue weighted by atomic mass is 19.4. The maximum absolute atomic E-state index is 15.5. The lowest BCUT2D eigenvalue weighted by atomic mass is 9.90. The van der Waals surface area contributed by atoms with E-state index in [9.17, 15) is 32.7 Å². The fourth-order valence-electron chi connectivity index (χ4n) is 5.13. The Morgan fingerprint density at radius 3 is 2.54 bits per heavy atom. The van der Waals surface area contributed by atoms with Crippen molar-refractivity contribution in [2.45, 2.75) is 56.6 Å². The van der Waals surface area contributed by atoms with Gasteiger partial charge in [-0.2, -0.15) is 13.2 Å². The Morgan fingerprint density at radius 1 is 1.14 bits per heavy atom. The molecule has 1 atom stereocenters. The second-order valence-electron chi connectivity index (χ2n) is 9.71. The summed E-state index contributed by atoms with van der Waals surface area (Å²) < 4.78 is 54.7. The van der Waals surface area contributed by atoms with Crippen molar-refractivity contribution in [1.82, 2.24) is 20.1 Å². The molecule has 1 unspecified atom stereocenters. The number of aromatic nitrogens is 1.